The molecule has 0 aliphatic carbocycles. The third kappa shape index (κ3) is 3.90. The summed E-state index contributed by atoms with van der Waals surface area (Å²) in [4.78, 5) is 4.28. The molecule has 0 aliphatic rings. The van der Waals surface area contributed by atoms with E-state index in [2.05, 4.69) is 29.2 Å². The fourth-order valence-electron chi connectivity index (χ4n) is 1.60. The minimum absolute atomic E-state index is 0.472. The Kier molecular flexibility index (Phi) is 6.03. The largest absolute Gasteiger partial charge is 0.383 e. The third-order valence-corrected chi connectivity index (χ3v) is 2.64. The molecule has 0 atom stereocenters. The molecule has 92 valence electrons. The summed E-state index contributed by atoms with van der Waals surface area (Å²) in [5, 5.41) is 7.68. The van der Waals surface area contributed by atoms with Crippen LogP contribution in [0.15, 0.2) is 6.33 Å². The molecular formula is C11H22N4O. The summed E-state index contributed by atoms with van der Waals surface area (Å²) in [5.41, 5.74) is 0. The molecule has 0 aliphatic heterocycles. The van der Waals surface area contributed by atoms with Crippen molar-refractivity contribution in [2.45, 2.75) is 39.3 Å². The summed E-state index contributed by atoms with van der Waals surface area (Å²) in [5.74, 6) is 0.850. The fraction of sp³-hybridized carbons (Fsp3) is 0.818. The molecule has 1 rings (SSSR count). The van der Waals surface area contributed by atoms with Crippen molar-refractivity contribution in [2.24, 2.45) is 0 Å². The van der Waals surface area contributed by atoms with Gasteiger partial charge in [-0.15, -0.1) is 0 Å². The lowest BCUT2D eigenvalue weighted by molar-refractivity contribution is 0.199. The van der Waals surface area contributed by atoms with Gasteiger partial charge in [-0.05, 0) is 12.8 Å². The molecule has 0 fully saturated rings. The minimum atomic E-state index is 0.472. The molecule has 0 saturated carbocycles. The molecule has 0 amide bonds. The quantitative estimate of drug-likeness (QED) is 0.680. The van der Waals surface area contributed by atoms with Crippen molar-refractivity contribution in [3.8, 4) is 0 Å². The van der Waals surface area contributed by atoms with Gasteiger partial charge in [0, 0.05) is 13.7 Å². The maximum absolute atomic E-state index is 4.95. The first-order valence-corrected chi connectivity index (χ1v) is 5.91. The normalized spacial score (nSPS) is 11.2. The first kappa shape index (κ1) is 13.1. The van der Waals surface area contributed by atoms with Crippen molar-refractivity contribution in [1.29, 1.82) is 0 Å². The van der Waals surface area contributed by atoms with Gasteiger partial charge in [0.1, 0.15) is 6.33 Å². The third-order valence-electron chi connectivity index (χ3n) is 2.64. The maximum atomic E-state index is 4.95. The van der Waals surface area contributed by atoms with Crippen LogP contribution in [0.1, 0.15) is 38.6 Å². The van der Waals surface area contributed by atoms with Gasteiger partial charge in [0.15, 0.2) is 5.82 Å². The van der Waals surface area contributed by atoms with Crippen LogP contribution in [0.3, 0.4) is 0 Å². The van der Waals surface area contributed by atoms with Gasteiger partial charge in [0.25, 0.3) is 0 Å². The zero-order chi connectivity index (χ0) is 11.8. The second kappa shape index (κ2) is 7.35. The van der Waals surface area contributed by atoms with Gasteiger partial charge in [0.2, 0.25) is 0 Å². The predicted octanol–water partition coefficient (Wildman–Crippen LogP) is 1.38. The van der Waals surface area contributed by atoms with Crippen LogP contribution in [-0.4, -0.2) is 35.0 Å². The zero-order valence-electron chi connectivity index (χ0n) is 10.4. The maximum Gasteiger partial charge on any atom is 0.164 e. The Hall–Kier alpha value is -0.940. The van der Waals surface area contributed by atoms with E-state index in [4.69, 9.17) is 4.74 Å². The fourth-order valence-corrected chi connectivity index (χ4v) is 1.60. The first-order valence-electron chi connectivity index (χ1n) is 5.91. The Morgan fingerprint density at radius 3 is 2.81 bits per heavy atom. The number of nitrogens with zero attached hydrogens (tertiary/aromatic N) is 3. The molecule has 0 saturated heterocycles. The van der Waals surface area contributed by atoms with Gasteiger partial charge in [-0.3, -0.25) is 0 Å². The van der Waals surface area contributed by atoms with E-state index < -0.39 is 0 Å². The van der Waals surface area contributed by atoms with Crippen molar-refractivity contribution in [2.75, 3.05) is 20.3 Å². The number of hydrogen-bond donors (Lipinski definition) is 1. The van der Waals surface area contributed by atoms with Crippen LogP contribution >= 0.6 is 0 Å². The lowest BCUT2D eigenvalue weighted by Crippen LogP contribution is -2.19. The summed E-state index contributed by atoms with van der Waals surface area (Å²) in [6.45, 7) is 6.60. The Bertz CT molecular complexity index is 283. The van der Waals surface area contributed by atoms with E-state index in [1.165, 1.54) is 0 Å². The van der Waals surface area contributed by atoms with E-state index in [1.807, 2.05) is 11.0 Å². The lowest BCUT2D eigenvalue weighted by Gasteiger charge is -2.11. The zero-order valence-corrected chi connectivity index (χ0v) is 10.4. The number of nitrogens with one attached hydrogen (secondary N) is 1. The first-order chi connectivity index (χ1) is 7.81. The molecule has 0 aromatic carbocycles. The summed E-state index contributed by atoms with van der Waals surface area (Å²) in [6, 6.07) is 0.472. The summed E-state index contributed by atoms with van der Waals surface area (Å²) >= 11 is 0. The smallest absolute Gasteiger partial charge is 0.164 e. The molecule has 0 bridgehead atoms. The van der Waals surface area contributed by atoms with Crippen LogP contribution in [0, 0.1) is 0 Å². The molecule has 1 heterocycles. The lowest BCUT2D eigenvalue weighted by atomic mass is 10.2. The van der Waals surface area contributed by atoms with Crippen molar-refractivity contribution in [1.82, 2.24) is 20.1 Å². The van der Waals surface area contributed by atoms with Crippen LogP contribution in [0.4, 0.5) is 0 Å². The van der Waals surface area contributed by atoms with Crippen LogP contribution in [0.25, 0.3) is 0 Å². The Labute approximate surface area is 97.2 Å². The van der Waals surface area contributed by atoms with Crippen LogP contribution in [0.2, 0.25) is 0 Å². The average molecular weight is 226 g/mol. The molecule has 5 nitrogen and oxygen atoms in total. The standard InChI is InChI=1S/C11H22N4O/c1-4-10(5-2)15-9-13-11(14-15)8-12-6-7-16-3/h9-10,12H,4-8H2,1-3H3. The Morgan fingerprint density at radius 1 is 1.44 bits per heavy atom. The number of ether oxygens (including phenoxy) is 1. The van der Waals surface area contributed by atoms with E-state index in [0.29, 0.717) is 19.2 Å². The van der Waals surface area contributed by atoms with Crippen molar-refractivity contribution < 1.29 is 4.74 Å². The number of methoxy groups -OCH3 is 1. The molecule has 16 heavy (non-hydrogen) atoms. The highest BCUT2D eigenvalue weighted by Gasteiger charge is 2.08. The number of hydrogen-bond acceptors (Lipinski definition) is 4. The molecule has 1 aromatic rings. The molecular weight excluding hydrogens is 204 g/mol. The van der Waals surface area contributed by atoms with Gasteiger partial charge in [-0.25, -0.2) is 9.67 Å². The molecule has 1 aromatic heterocycles. The van der Waals surface area contributed by atoms with E-state index in [-0.39, 0.29) is 0 Å². The molecule has 5 heteroatoms. The Balaban J connectivity index is 2.38. The van der Waals surface area contributed by atoms with E-state index in [9.17, 15) is 0 Å². The highest BCUT2D eigenvalue weighted by atomic mass is 16.5. The average Bonchev–Trinajstić information content (AvgIpc) is 2.75. The van der Waals surface area contributed by atoms with Crippen molar-refractivity contribution >= 4 is 0 Å². The van der Waals surface area contributed by atoms with Crippen LogP contribution in [-0.2, 0) is 11.3 Å². The predicted molar refractivity (Wildman–Crippen MR) is 63.2 cm³/mol. The van der Waals surface area contributed by atoms with Gasteiger partial charge in [-0.1, -0.05) is 13.8 Å². The monoisotopic (exact) mass is 226 g/mol. The van der Waals surface area contributed by atoms with Gasteiger partial charge in [-0.2, -0.15) is 5.10 Å². The van der Waals surface area contributed by atoms with E-state index >= 15 is 0 Å². The second-order valence-electron chi connectivity index (χ2n) is 3.78. The summed E-state index contributed by atoms with van der Waals surface area (Å²) in [7, 11) is 1.70. The molecule has 0 unspecified atom stereocenters. The second-order valence-corrected chi connectivity index (χ2v) is 3.78. The van der Waals surface area contributed by atoms with E-state index in [1.54, 1.807) is 7.11 Å². The van der Waals surface area contributed by atoms with Gasteiger partial charge in [0.05, 0.1) is 19.2 Å². The topological polar surface area (TPSA) is 52.0 Å². The van der Waals surface area contributed by atoms with Crippen molar-refractivity contribution in [3.63, 3.8) is 0 Å². The van der Waals surface area contributed by atoms with Gasteiger partial charge < -0.3 is 10.1 Å². The number of rotatable bonds is 8. The highest BCUT2D eigenvalue weighted by Crippen LogP contribution is 2.12. The minimum Gasteiger partial charge on any atom is -0.383 e. The van der Waals surface area contributed by atoms with E-state index in [0.717, 1.165) is 25.2 Å². The molecule has 0 spiro atoms. The molecule has 1 N–H and O–H groups in total. The number of aromatic nitrogens is 3. The summed E-state index contributed by atoms with van der Waals surface area (Å²) < 4.78 is 6.92. The SMILES string of the molecule is CCC(CC)n1cnc(CNCCOC)n1. The van der Waals surface area contributed by atoms with Crippen molar-refractivity contribution in [3.05, 3.63) is 12.2 Å². The van der Waals surface area contributed by atoms with Crippen LogP contribution < -0.4 is 5.32 Å². The highest BCUT2D eigenvalue weighted by molar-refractivity contribution is 4.82. The summed E-state index contributed by atoms with van der Waals surface area (Å²) in [6.07, 6.45) is 4.01. The molecule has 0 radical (unpaired) electrons. The van der Waals surface area contributed by atoms with Gasteiger partial charge >= 0.3 is 0 Å². The van der Waals surface area contributed by atoms with Crippen LogP contribution in [0.5, 0.6) is 0 Å². The Morgan fingerprint density at radius 2 is 2.19 bits per heavy atom.